The van der Waals surface area contributed by atoms with E-state index in [-0.39, 0.29) is 11.3 Å². The van der Waals surface area contributed by atoms with Crippen LogP contribution in [0.3, 0.4) is 0 Å². The number of imidazole rings is 1. The van der Waals surface area contributed by atoms with Gasteiger partial charge in [0, 0.05) is 5.56 Å². The Balaban J connectivity index is 2.58. The van der Waals surface area contributed by atoms with Crippen molar-refractivity contribution in [2.24, 2.45) is 0 Å². The Morgan fingerprint density at radius 3 is 2.26 bits per heavy atom. The molecule has 2 aromatic rings. The summed E-state index contributed by atoms with van der Waals surface area (Å²) in [6.07, 6.45) is -4.79. The lowest BCUT2D eigenvalue weighted by molar-refractivity contribution is -0.144. The van der Waals surface area contributed by atoms with E-state index in [2.05, 4.69) is 4.98 Å². The number of H-pyrrole nitrogens is 1. The SMILES string of the molecule is O=C(O)c1[nH]c(C(F)(F)F)nc1-c1ccc(F)cc1. The number of benzene rings is 1. The third-order valence-corrected chi connectivity index (χ3v) is 2.30. The van der Waals surface area contributed by atoms with E-state index in [9.17, 15) is 22.4 Å². The van der Waals surface area contributed by atoms with Crippen LogP contribution in [0.2, 0.25) is 0 Å². The number of halogens is 4. The molecule has 8 heteroatoms. The van der Waals surface area contributed by atoms with Gasteiger partial charge >= 0.3 is 12.1 Å². The maximum absolute atomic E-state index is 12.7. The molecule has 0 atom stereocenters. The van der Waals surface area contributed by atoms with Gasteiger partial charge in [0.1, 0.15) is 11.5 Å². The molecule has 1 aromatic carbocycles. The van der Waals surface area contributed by atoms with Gasteiger partial charge in [-0.15, -0.1) is 0 Å². The van der Waals surface area contributed by atoms with Crippen LogP contribution >= 0.6 is 0 Å². The van der Waals surface area contributed by atoms with Crippen molar-refractivity contribution in [1.29, 1.82) is 0 Å². The zero-order chi connectivity index (χ0) is 14.2. The van der Waals surface area contributed by atoms with Crippen LogP contribution in [0.1, 0.15) is 16.3 Å². The van der Waals surface area contributed by atoms with Gasteiger partial charge < -0.3 is 10.1 Å². The highest BCUT2D eigenvalue weighted by atomic mass is 19.4. The molecule has 0 unspecified atom stereocenters. The van der Waals surface area contributed by atoms with Crippen molar-refractivity contribution < 1.29 is 27.5 Å². The zero-order valence-corrected chi connectivity index (χ0v) is 9.12. The second-order valence-corrected chi connectivity index (χ2v) is 3.62. The third kappa shape index (κ3) is 2.56. The summed E-state index contributed by atoms with van der Waals surface area (Å²) in [6, 6.07) is 4.31. The van der Waals surface area contributed by atoms with Gasteiger partial charge in [0.2, 0.25) is 5.82 Å². The average Bonchev–Trinajstić information content (AvgIpc) is 2.74. The summed E-state index contributed by atoms with van der Waals surface area (Å²) in [5.41, 5.74) is -1.01. The van der Waals surface area contributed by atoms with Gasteiger partial charge in [-0.2, -0.15) is 13.2 Å². The molecule has 1 heterocycles. The van der Waals surface area contributed by atoms with Crippen LogP contribution in [0.25, 0.3) is 11.3 Å². The summed E-state index contributed by atoms with van der Waals surface area (Å²) in [6.45, 7) is 0. The molecule has 0 aliphatic heterocycles. The standard InChI is InChI=1S/C11H6F4N2O2/c12-6-3-1-5(2-4-6)7-8(9(18)19)17-10(16-7)11(13,14)15/h1-4H,(H,16,17)(H,18,19). The van der Waals surface area contributed by atoms with Gasteiger partial charge in [0.25, 0.3) is 0 Å². The Kier molecular flexibility index (Phi) is 3.01. The lowest BCUT2D eigenvalue weighted by Gasteiger charge is -1.99. The van der Waals surface area contributed by atoms with Gasteiger partial charge in [0.15, 0.2) is 5.69 Å². The molecule has 0 spiro atoms. The number of carboxylic acid groups (broad SMARTS) is 1. The molecule has 2 N–H and O–H groups in total. The van der Waals surface area contributed by atoms with Crippen LogP contribution < -0.4 is 0 Å². The highest BCUT2D eigenvalue weighted by molar-refractivity contribution is 5.93. The van der Waals surface area contributed by atoms with Crippen molar-refractivity contribution in [2.45, 2.75) is 6.18 Å². The van der Waals surface area contributed by atoms with Crippen molar-refractivity contribution in [3.05, 3.63) is 41.6 Å². The maximum Gasteiger partial charge on any atom is 0.449 e. The fourth-order valence-corrected chi connectivity index (χ4v) is 1.48. The van der Waals surface area contributed by atoms with Crippen LogP contribution in [0.4, 0.5) is 17.6 Å². The Hall–Kier alpha value is -2.38. The lowest BCUT2D eigenvalue weighted by atomic mass is 10.1. The van der Waals surface area contributed by atoms with Crippen molar-refractivity contribution in [3.63, 3.8) is 0 Å². The van der Waals surface area contributed by atoms with Gasteiger partial charge in [-0.1, -0.05) is 0 Å². The Morgan fingerprint density at radius 2 is 1.79 bits per heavy atom. The minimum absolute atomic E-state index is 0.0746. The number of nitrogens with zero attached hydrogens (tertiary/aromatic N) is 1. The normalized spacial score (nSPS) is 11.6. The minimum atomic E-state index is -4.79. The van der Waals surface area contributed by atoms with Crippen LogP contribution in [0.15, 0.2) is 24.3 Å². The fourth-order valence-electron chi connectivity index (χ4n) is 1.48. The quantitative estimate of drug-likeness (QED) is 0.827. The van der Waals surface area contributed by atoms with E-state index < -0.39 is 29.5 Å². The molecule has 0 amide bonds. The molecule has 0 aliphatic rings. The maximum atomic E-state index is 12.7. The number of aromatic carboxylic acids is 1. The number of hydrogen-bond acceptors (Lipinski definition) is 2. The molecule has 0 saturated heterocycles. The largest absolute Gasteiger partial charge is 0.477 e. The summed E-state index contributed by atoms with van der Waals surface area (Å²) in [7, 11) is 0. The lowest BCUT2D eigenvalue weighted by Crippen LogP contribution is -2.08. The molecule has 2 rings (SSSR count). The Labute approximate surface area is 103 Å². The first-order valence-corrected chi connectivity index (χ1v) is 4.95. The first-order valence-electron chi connectivity index (χ1n) is 4.95. The molecular weight excluding hydrogens is 268 g/mol. The van der Waals surface area contributed by atoms with Crippen LogP contribution in [0, 0.1) is 5.82 Å². The van der Waals surface area contributed by atoms with Crippen LogP contribution in [-0.2, 0) is 6.18 Å². The van der Waals surface area contributed by atoms with Gasteiger partial charge in [-0.05, 0) is 24.3 Å². The van der Waals surface area contributed by atoms with E-state index in [1.54, 1.807) is 4.98 Å². The van der Waals surface area contributed by atoms with Crippen molar-refractivity contribution in [3.8, 4) is 11.3 Å². The Bertz CT molecular complexity index is 617. The van der Waals surface area contributed by atoms with Crippen molar-refractivity contribution in [1.82, 2.24) is 9.97 Å². The third-order valence-electron chi connectivity index (χ3n) is 2.30. The summed E-state index contributed by atoms with van der Waals surface area (Å²) < 4.78 is 50.2. The second-order valence-electron chi connectivity index (χ2n) is 3.62. The highest BCUT2D eigenvalue weighted by Crippen LogP contribution is 2.31. The summed E-state index contributed by atoms with van der Waals surface area (Å²) in [4.78, 5) is 15.8. The average molecular weight is 274 g/mol. The van der Waals surface area contributed by atoms with E-state index in [1.807, 2.05) is 0 Å². The van der Waals surface area contributed by atoms with Gasteiger partial charge in [0.05, 0.1) is 0 Å². The molecule has 0 aliphatic carbocycles. The van der Waals surface area contributed by atoms with E-state index in [0.717, 1.165) is 24.3 Å². The predicted molar refractivity (Wildman–Crippen MR) is 55.9 cm³/mol. The topological polar surface area (TPSA) is 66.0 Å². The summed E-state index contributed by atoms with van der Waals surface area (Å²) >= 11 is 0. The predicted octanol–water partition coefficient (Wildman–Crippen LogP) is 2.93. The molecule has 0 fully saturated rings. The number of hydrogen-bond donors (Lipinski definition) is 2. The molecule has 0 saturated carbocycles. The number of alkyl halides is 3. The number of aromatic nitrogens is 2. The van der Waals surface area contributed by atoms with Crippen molar-refractivity contribution >= 4 is 5.97 Å². The first kappa shape index (κ1) is 13.1. The molecule has 1 aromatic heterocycles. The minimum Gasteiger partial charge on any atom is -0.477 e. The van der Waals surface area contributed by atoms with Gasteiger partial charge in [-0.3, -0.25) is 0 Å². The van der Waals surface area contributed by atoms with E-state index >= 15 is 0 Å². The van der Waals surface area contributed by atoms with Crippen molar-refractivity contribution in [2.75, 3.05) is 0 Å². The molecule has 19 heavy (non-hydrogen) atoms. The Morgan fingerprint density at radius 1 is 1.21 bits per heavy atom. The number of carboxylic acids is 1. The fraction of sp³-hybridized carbons (Fsp3) is 0.0909. The molecular formula is C11H6F4N2O2. The van der Waals surface area contributed by atoms with Crippen LogP contribution in [-0.4, -0.2) is 21.0 Å². The summed E-state index contributed by atoms with van der Waals surface area (Å²) in [5, 5.41) is 8.85. The van der Waals surface area contributed by atoms with E-state index in [0.29, 0.717) is 0 Å². The number of rotatable bonds is 2. The number of aromatic amines is 1. The summed E-state index contributed by atoms with van der Waals surface area (Å²) in [5.74, 6) is -3.58. The molecule has 0 radical (unpaired) electrons. The van der Waals surface area contributed by atoms with Gasteiger partial charge in [-0.25, -0.2) is 14.2 Å². The van der Waals surface area contributed by atoms with Crippen LogP contribution in [0.5, 0.6) is 0 Å². The van der Waals surface area contributed by atoms with E-state index in [1.165, 1.54) is 0 Å². The zero-order valence-electron chi connectivity index (χ0n) is 9.12. The smallest absolute Gasteiger partial charge is 0.449 e. The highest BCUT2D eigenvalue weighted by Gasteiger charge is 2.37. The molecule has 4 nitrogen and oxygen atoms in total. The number of carbonyl (C=O) groups is 1. The first-order chi connectivity index (χ1) is 8.79. The molecule has 100 valence electrons. The van der Waals surface area contributed by atoms with E-state index in [4.69, 9.17) is 5.11 Å². The second kappa shape index (κ2) is 4.38. The monoisotopic (exact) mass is 274 g/mol. The molecule has 0 bridgehead atoms. The number of nitrogens with one attached hydrogen (secondary N) is 1.